The highest BCUT2D eigenvalue weighted by Crippen LogP contribution is 2.44. The number of esters is 1. The average molecular weight is 593 g/mol. The van der Waals surface area contributed by atoms with Crippen molar-refractivity contribution in [1.82, 2.24) is 0 Å². The van der Waals surface area contributed by atoms with E-state index in [1.165, 1.54) is 0 Å². The summed E-state index contributed by atoms with van der Waals surface area (Å²) in [4.78, 5) is 13.1. The molecule has 0 amide bonds. The number of rotatable bonds is 4. The van der Waals surface area contributed by atoms with E-state index in [1.54, 1.807) is 0 Å². The van der Waals surface area contributed by atoms with Gasteiger partial charge in [0.15, 0.2) is 0 Å². The van der Waals surface area contributed by atoms with Crippen LogP contribution in [0.4, 0.5) is 0 Å². The summed E-state index contributed by atoms with van der Waals surface area (Å²) in [6.45, 7) is 4.32. The predicted molar refractivity (Wildman–Crippen MR) is 97.5 cm³/mol. The molecule has 1 aliphatic rings. The van der Waals surface area contributed by atoms with Gasteiger partial charge in [0.2, 0.25) is 0 Å². The third-order valence-corrected chi connectivity index (χ3v) is 12.2. The Morgan fingerprint density at radius 1 is 1.00 bits per heavy atom. The largest absolute Gasteiger partial charge is 0.465 e. The van der Waals surface area contributed by atoms with Gasteiger partial charge in [0, 0.05) is 30.1 Å². The summed E-state index contributed by atoms with van der Waals surface area (Å²) >= 11 is 18.5. The molecule has 0 aromatic heterocycles. The molecule has 5 unspecified atom stereocenters. The standard InChI is InChI=1S/C12H17Br5O2/c1-3-5(2)12(18)19-4-6-7(13)9(15)11(17)10(16)8(6)14/h5-11H,3-4H2,1-2H3. The van der Waals surface area contributed by atoms with Crippen molar-refractivity contribution >= 4 is 85.6 Å². The van der Waals surface area contributed by atoms with Crippen LogP contribution in [0.15, 0.2) is 0 Å². The Kier molecular flexibility index (Phi) is 8.45. The van der Waals surface area contributed by atoms with Gasteiger partial charge in [-0.05, 0) is 6.42 Å². The Hall–Kier alpha value is 1.87. The molecule has 1 fully saturated rings. The van der Waals surface area contributed by atoms with E-state index in [1.807, 2.05) is 13.8 Å². The molecule has 0 spiro atoms. The number of carbonyl (C=O) groups is 1. The first kappa shape index (κ1) is 18.9. The van der Waals surface area contributed by atoms with Crippen LogP contribution in [0.2, 0.25) is 0 Å². The smallest absolute Gasteiger partial charge is 0.308 e. The highest BCUT2D eigenvalue weighted by atomic mass is 79.9. The van der Waals surface area contributed by atoms with Gasteiger partial charge in [0.1, 0.15) is 0 Å². The van der Waals surface area contributed by atoms with E-state index >= 15 is 0 Å². The summed E-state index contributed by atoms with van der Waals surface area (Å²) in [6.07, 6.45) is 0.810. The minimum Gasteiger partial charge on any atom is -0.465 e. The zero-order valence-electron chi connectivity index (χ0n) is 10.7. The molecular formula is C12H17Br5O2. The minimum absolute atomic E-state index is 0.0328. The number of alkyl halides is 5. The highest BCUT2D eigenvalue weighted by molar-refractivity contribution is 9.15. The van der Waals surface area contributed by atoms with Crippen molar-refractivity contribution in [3.05, 3.63) is 0 Å². The topological polar surface area (TPSA) is 26.3 Å². The lowest BCUT2D eigenvalue weighted by Crippen LogP contribution is -2.51. The second-order valence-corrected chi connectivity index (χ2v) is 10.1. The van der Waals surface area contributed by atoms with Crippen LogP contribution in [0.1, 0.15) is 20.3 Å². The van der Waals surface area contributed by atoms with Crippen LogP contribution in [0, 0.1) is 11.8 Å². The fourth-order valence-corrected chi connectivity index (χ4v) is 7.20. The average Bonchev–Trinajstić information content (AvgIpc) is 2.41. The molecule has 112 valence electrons. The summed E-state index contributed by atoms with van der Waals surface area (Å²) in [5, 5.41) is 0. The fraction of sp³-hybridized carbons (Fsp3) is 0.917. The molecule has 19 heavy (non-hydrogen) atoms. The maximum Gasteiger partial charge on any atom is 0.308 e. The minimum atomic E-state index is -0.111. The quantitative estimate of drug-likeness (QED) is 0.339. The SMILES string of the molecule is CCC(C)C(=O)OCC1C(Br)C(Br)C(Br)C(Br)C1Br. The lowest BCUT2D eigenvalue weighted by molar-refractivity contribution is -0.149. The highest BCUT2D eigenvalue weighted by Gasteiger charge is 2.46. The maximum atomic E-state index is 11.8. The Morgan fingerprint density at radius 2 is 1.42 bits per heavy atom. The van der Waals surface area contributed by atoms with Crippen molar-refractivity contribution < 1.29 is 9.53 Å². The molecule has 0 saturated heterocycles. The second-order valence-electron chi connectivity index (χ2n) is 4.83. The van der Waals surface area contributed by atoms with Gasteiger partial charge in [0.25, 0.3) is 0 Å². The monoisotopic (exact) mass is 588 g/mol. The molecule has 0 bridgehead atoms. The Balaban J connectivity index is 2.63. The summed E-state index contributed by atoms with van der Waals surface area (Å²) in [5.41, 5.74) is 0. The first-order valence-corrected chi connectivity index (χ1v) is 10.8. The van der Waals surface area contributed by atoms with Crippen LogP contribution < -0.4 is 0 Å². The summed E-state index contributed by atoms with van der Waals surface area (Å²) in [5.74, 6) is 0.0743. The van der Waals surface area contributed by atoms with Gasteiger partial charge in [-0.1, -0.05) is 93.5 Å². The fourth-order valence-electron chi connectivity index (χ4n) is 1.85. The molecule has 0 aromatic rings. The number of carbonyl (C=O) groups excluding carboxylic acids is 1. The van der Waals surface area contributed by atoms with Crippen LogP contribution in [0.3, 0.4) is 0 Å². The molecule has 0 radical (unpaired) electrons. The summed E-state index contributed by atoms with van der Waals surface area (Å²) in [6, 6.07) is 0. The van der Waals surface area contributed by atoms with Crippen molar-refractivity contribution in [3.63, 3.8) is 0 Å². The lowest BCUT2D eigenvalue weighted by atomic mass is 9.89. The van der Waals surface area contributed by atoms with Crippen LogP contribution in [0.25, 0.3) is 0 Å². The molecule has 1 aliphatic carbocycles. The van der Waals surface area contributed by atoms with Gasteiger partial charge in [-0.3, -0.25) is 4.79 Å². The van der Waals surface area contributed by atoms with E-state index < -0.39 is 0 Å². The molecule has 1 rings (SSSR count). The van der Waals surface area contributed by atoms with E-state index in [2.05, 4.69) is 79.6 Å². The van der Waals surface area contributed by atoms with Crippen molar-refractivity contribution in [2.75, 3.05) is 6.61 Å². The zero-order chi connectivity index (χ0) is 14.7. The van der Waals surface area contributed by atoms with E-state index in [4.69, 9.17) is 4.74 Å². The molecule has 5 atom stereocenters. The normalized spacial score (nSPS) is 40.8. The molecule has 0 heterocycles. The van der Waals surface area contributed by atoms with E-state index in [-0.39, 0.29) is 37.1 Å². The van der Waals surface area contributed by atoms with E-state index in [0.29, 0.717) is 11.4 Å². The van der Waals surface area contributed by atoms with Gasteiger partial charge >= 0.3 is 5.97 Å². The Labute approximate surface area is 156 Å². The summed E-state index contributed by atoms with van der Waals surface area (Å²) in [7, 11) is 0. The first-order valence-electron chi connectivity index (χ1n) is 6.18. The second kappa shape index (κ2) is 8.49. The van der Waals surface area contributed by atoms with Gasteiger partial charge < -0.3 is 4.74 Å². The number of hydrogen-bond acceptors (Lipinski definition) is 2. The lowest BCUT2D eigenvalue weighted by Gasteiger charge is -2.41. The Bertz CT molecular complexity index is 298. The first-order chi connectivity index (χ1) is 8.81. The van der Waals surface area contributed by atoms with E-state index in [9.17, 15) is 4.79 Å². The Morgan fingerprint density at radius 3 is 1.84 bits per heavy atom. The van der Waals surface area contributed by atoms with Crippen molar-refractivity contribution in [2.24, 2.45) is 11.8 Å². The van der Waals surface area contributed by atoms with Crippen molar-refractivity contribution in [1.29, 1.82) is 0 Å². The van der Waals surface area contributed by atoms with Crippen molar-refractivity contribution in [3.8, 4) is 0 Å². The third-order valence-electron chi connectivity index (χ3n) is 3.47. The number of ether oxygens (including phenoxy) is 1. The molecule has 0 aliphatic heterocycles. The van der Waals surface area contributed by atoms with Crippen LogP contribution in [0.5, 0.6) is 0 Å². The molecule has 2 nitrogen and oxygen atoms in total. The molecule has 0 N–H and O–H groups in total. The van der Waals surface area contributed by atoms with Gasteiger partial charge in [0.05, 0.1) is 12.5 Å². The maximum absolute atomic E-state index is 11.8. The van der Waals surface area contributed by atoms with Gasteiger partial charge in [-0.2, -0.15) is 0 Å². The third kappa shape index (κ3) is 4.67. The van der Waals surface area contributed by atoms with Crippen LogP contribution in [-0.4, -0.2) is 36.7 Å². The van der Waals surface area contributed by atoms with E-state index in [0.717, 1.165) is 6.42 Å². The van der Waals surface area contributed by atoms with Gasteiger partial charge in [-0.25, -0.2) is 0 Å². The van der Waals surface area contributed by atoms with Crippen LogP contribution >= 0.6 is 79.6 Å². The molecule has 1 saturated carbocycles. The molecule has 7 heteroatoms. The molecule has 0 aromatic carbocycles. The van der Waals surface area contributed by atoms with Crippen LogP contribution in [-0.2, 0) is 9.53 Å². The van der Waals surface area contributed by atoms with Crippen molar-refractivity contribution in [2.45, 2.75) is 44.4 Å². The number of hydrogen-bond donors (Lipinski definition) is 0. The molecular weight excluding hydrogens is 576 g/mol. The zero-order valence-corrected chi connectivity index (χ0v) is 18.6. The van der Waals surface area contributed by atoms with Gasteiger partial charge in [-0.15, -0.1) is 0 Å². The number of halogens is 5. The predicted octanol–water partition coefficient (Wildman–Crippen LogP) is 5.02. The summed E-state index contributed by atoms with van der Waals surface area (Å²) < 4.78 is 5.45.